The zero-order valence-corrected chi connectivity index (χ0v) is 18.0. The van der Waals surface area contributed by atoms with E-state index >= 15 is 0 Å². The molecule has 0 spiro atoms. The van der Waals surface area contributed by atoms with Gasteiger partial charge in [0.2, 0.25) is 0 Å². The molecule has 1 saturated carbocycles. The van der Waals surface area contributed by atoms with Gasteiger partial charge in [0.05, 0.1) is 20.7 Å². The summed E-state index contributed by atoms with van der Waals surface area (Å²) in [6.45, 7) is 2.23. The van der Waals surface area contributed by atoms with Crippen LogP contribution in [0.2, 0.25) is 0 Å². The second-order valence-electron chi connectivity index (χ2n) is 8.70. The van der Waals surface area contributed by atoms with E-state index in [-0.39, 0.29) is 0 Å². The van der Waals surface area contributed by atoms with Crippen LogP contribution in [0.5, 0.6) is 0 Å². The molecule has 4 aromatic rings. The molecule has 1 aliphatic heterocycles. The van der Waals surface area contributed by atoms with E-state index in [2.05, 4.69) is 52.6 Å². The van der Waals surface area contributed by atoms with Crippen LogP contribution in [0, 0.1) is 0 Å². The summed E-state index contributed by atoms with van der Waals surface area (Å²) in [5, 5.41) is 5.95. The van der Waals surface area contributed by atoms with Gasteiger partial charge < -0.3 is 10.2 Å². The number of hydrogen-bond donors (Lipinski definition) is 1. The third-order valence-corrected chi connectivity index (χ3v) is 7.44. The average Bonchev–Trinajstić information content (AvgIpc) is 3.53. The molecule has 2 fully saturated rings. The Balaban J connectivity index is 1.38. The number of aromatic nitrogens is 3. The van der Waals surface area contributed by atoms with E-state index in [1.165, 1.54) is 41.9 Å². The summed E-state index contributed by atoms with van der Waals surface area (Å²) in [6.07, 6.45) is 6.85. The van der Waals surface area contributed by atoms with E-state index in [4.69, 9.17) is 9.97 Å². The number of thiazole rings is 1. The smallest absolute Gasteiger partial charge is 0.140 e. The molecule has 5 nitrogen and oxygen atoms in total. The van der Waals surface area contributed by atoms with Crippen LogP contribution in [0.25, 0.3) is 21.1 Å². The number of nitrogens with one attached hydrogen (secondary N) is 1. The van der Waals surface area contributed by atoms with E-state index in [0.717, 1.165) is 40.2 Å². The van der Waals surface area contributed by atoms with Gasteiger partial charge in [-0.05, 0) is 75.7 Å². The summed E-state index contributed by atoms with van der Waals surface area (Å²) >= 11 is 1.83. The first-order chi connectivity index (χ1) is 14.7. The van der Waals surface area contributed by atoms with E-state index in [9.17, 15) is 0 Å². The zero-order chi connectivity index (χ0) is 20.1. The molecule has 1 aliphatic carbocycles. The molecule has 6 rings (SSSR count). The summed E-state index contributed by atoms with van der Waals surface area (Å²) in [4.78, 5) is 16.9. The number of nitrogens with zero attached hydrogens (tertiary/aromatic N) is 4. The summed E-state index contributed by atoms with van der Waals surface area (Å²) < 4.78 is 1.24. The summed E-state index contributed by atoms with van der Waals surface area (Å²) in [5.41, 5.74) is 4.31. The number of piperidine rings is 1. The highest BCUT2D eigenvalue weighted by Crippen LogP contribution is 2.43. The van der Waals surface area contributed by atoms with Crippen LogP contribution < -0.4 is 5.32 Å². The average molecular weight is 416 g/mol. The van der Waals surface area contributed by atoms with Crippen LogP contribution in [-0.2, 0) is 0 Å². The lowest BCUT2D eigenvalue weighted by Crippen LogP contribution is -2.31. The van der Waals surface area contributed by atoms with Crippen molar-refractivity contribution >= 4 is 44.0 Å². The Kier molecular flexibility index (Phi) is 4.43. The van der Waals surface area contributed by atoms with Gasteiger partial charge in [0.25, 0.3) is 0 Å². The van der Waals surface area contributed by atoms with Gasteiger partial charge in [-0.25, -0.2) is 9.97 Å². The quantitative estimate of drug-likeness (QED) is 0.465. The van der Waals surface area contributed by atoms with Gasteiger partial charge in [-0.15, -0.1) is 11.3 Å². The fraction of sp³-hybridized carbons (Fsp3) is 0.375. The van der Waals surface area contributed by atoms with Crippen molar-refractivity contribution in [2.75, 3.05) is 25.5 Å². The van der Waals surface area contributed by atoms with Crippen molar-refractivity contribution in [3.05, 3.63) is 53.3 Å². The molecule has 1 unspecified atom stereocenters. The zero-order valence-electron chi connectivity index (χ0n) is 17.1. The number of pyridine rings is 2. The number of rotatable bonds is 4. The second kappa shape index (κ2) is 7.29. The predicted octanol–water partition coefficient (Wildman–Crippen LogP) is 5.67. The van der Waals surface area contributed by atoms with Gasteiger partial charge in [-0.3, -0.25) is 4.98 Å². The minimum atomic E-state index is 0.459. The molecule has 30 heavy (non-hydrogen) atoms. The van der Waals surface area contributed by atoms with Crippen molar-refractivity contribution in [1.82, 2.24) is 19.9 Å². The minimum absolute atomic E-state index is 0.459. The maximum atomic E-state index is 5.09. The van der Waals surface area contributed by atoms with Crippen molar-refractivity contribution in [3.63, 3.8) is 0 Å². The molecule has 1 atom stereocenters. The third-order valence-electron chi connectivity index (χ3n) is 6.26. The molecular weight excluding hydrogens is 390 g/mol. The fourth-order valence-electron chi connectivity index (χ4n) is 4.47. The lowest BCUT2D eigenvalue weighted by atomic mass is 9.94. The summed E-state index contributed by atoms with van der Waals surface area (Å²) in [5.74, 6) is 2.05. The van der Waals surface area contributed by atoms with Crippen LogP contribution in [0.1, 0.15) is 48.2 Å². The van der Waals surface area contributed by atoms with Crippen molar-refractivity contribution in [2.45, 2.75) is 37.5 Å². The first kappa shape index (κ1) is 18.2. The predicted molar refractivity (Wildman–Crippen MR) is 124 cm³/mol. The van der Waals surface area contributed by atoms with Crippen LogP contribution in [0.15, 0.2) is 42.6 Å². The van der Waals surface area contributed by atoms with Crippen LogP contribution in [0.3, 0.4) is 0 Å². The molecule has 1 aromatic carbocycles. The minimum Gasteiger partial charge on any atom is -0.340 e. The Morgan fingerprint density at radius 3 is 2.83 bits per heavy atom. The lowest BCUT2D eigenvalue weighted by Gasteiger charge is -2.29. The van der Waals surface area contributed by atoms with Gasteiger partial charge in [0, 0.05) is 41.3 Å². The Morgan fingerprint density at radius 2 is 1.97 bits per heavy atom. The van der Waals surface area contributed by atoms with Crippen molar-refractivity contribution < 1.29 is 0 Å². The van der Waals surface area contributed by atoms with Crippen molar-refractivity contribution in [3.8, 4) is 0 Å². The number of likely N-dealkylation sites (tertiary alicyclic amines) is 1. The van der Waals surface area contributed by atoms with Crippen molar-refractivity contribution in [2.24, 2.45) is 0 Å². The Labute approximate surface area is 180 Å². The molecule has 4 heterocycles. The monoisotopic (exact) mass is 415 g/mol. The molecule has 0 bridgehead atoms. The molecule has 152 valence electrons. The highest BCUT2D eigenvalue weighted by Gasteiger charge is 2.27. The number of fused-ring (bicyclic) bond motifs is 2. The molecular formula is C24H25N5S. The van der Waals surface area contributed by atoms with E-state index < -0.39 is 0 Å². The number of hydrogen-bond acceptors (Lipinski definition) is 6. The van der Waals surface area contributed by atoms with Gasteiger partial charge in [-0.1, -0.05) is 0 Å². The number of anilines is 2. The summed E-state index contributed by atoms with van der Waals surface area (Å²) in [6, 6.07) is 12.7. The molecule has 1 N–H and O–H groups in total. The van der Waals surface area contributed by atoms with Gasteiger partial charge >= 0.3 is 0 Å². The summed E-state index contributed by atoms with van der Waals surface area (Å²) in [7, 11) is 2.20. The van der Waals surface area contributed by atoms with Crippen LogP contribution in [0.4, 0.5) is 11.5 Å². The van der Waals surface area contributed by atoms with Gasteiger partial charge in [-0.2, -0.15) is 0 Å². The molecule has 6 heteroatoms. The molecule has 1 saturated heterocycles. The molecule has 0 amide bonds. The van der Waals surface area contributed by atoms with Gasteiger partial charge in [0.15, 0.2) is 0 Å². The fourth-order valence-corrected chi connectivity index (χ4v) is 5.64. The molecule has 0 radical (unpaired) electrons. The van der Waals surface area contributed by atoms with Crippen LogP contribution in [-0.4, -0.2) is 40.0 Å². The van der Waals surface area contributed by atoms with Gasteiger partial charge in [0.1, 0.15) is 5.82 Å². The molecule has 2 aliphatic rings. The Morgan fingerprint density at radius 1 is 1.03 bits per heavy atom. The Hall–Kier alpha value is -2.57. The number of benzene rings is 1. The first-order valence-corrected chi connectivity index (χ1v) is 11.7. The highest BCUT2D eigenvalue weighted by atomic mass is 32.1. The third kappa shape index (κ3) is 3.44. The maximum absolute atomic E-state index is 5.09. The maximum Gasteiger partial charge on any atom is 0.140 e. The largest absolute Gasteiger partial charge is 0.340 e. The van der Waals surface area contributed by atoms with E-state index in [0.29, 0.717) is 11.8 Å². The van der Waals surface area contributed by atoms with Crippen LogP contribution >= 0.6 is 11.3 Å². The standard InChI is InChI=1S/C24H25N5S/c1-29-11-3-4-16(14-29)20-13-21-18(5-2-10-25-21)23(27-20)26-17-8-9-19-22(12-17)30-24(28-19)15-6-7-15/h2,5,8-10,12-13,15-16H,3-4,6-7,11,14H2,1H3,(H,26,27). The topological polar surface area (TPSA) is 53.9 Å². The Bertz CT molecular complexity index is 1230. The van der Waals surface area contributed by atoms with E-state index in [1.807, 2.05) is 23.6 Å². The van der Waals surface area contributed by atoms with E-state index in [1.54, 1.807) is 0 Å². The lowest BCUT2D eigenvalue weighted by molar-refractivity contribution is 0.248. The second-order valence-corrected chi connectivity index (χ2v) is 9.76. The van der Waals surface area contributed by atoms with Crippen molar-refractivity contribution in [1.29, 1.82) is 0 Å². The molecule has 3 aromatic heterocycles. The highest BCUT2D eigenvalue weighted by molar-refractivity contribution is 7.18. The SMILES string of the molecule is CN1CCCC(c2cc3ncccc3c(Nc3ccc4nc(C5CC5)sc4c3)n2)C1. The first-order valence-electron chi connectivity index (χ1n) is 10.8. The normalized spacial score (nSPS) is 20.1. The number of likely N-dealkylation sites (N-methyl/N-ethyl adjacent to an activating group) is 1.